The molecule has 0 atom stereocenters. The van der Waals surface area contributed by atoms with Gasteiger partial charge in [0.2, 0.25) is 11.8 Å². The Morgan fingerprint density at radius 2 is 1.69 bits per heavy atom. The quantitative estimate of drug-likeness (QED) is 0.787. The molecule has 0 radical (unpaired) electrons. The van der Waals surface area contributed by atoms with E-state index in [1.165, 1.54) is 0 Å². The van der Waals surface area contributed by atoms with Crippen molar-refractivity contribution in [3.63, 3.8) is 0 Å². The molecule has 3 rings (SSSR count). The predicted octanol–water partition coefficient (Wildman–Crippen LogP) is 3.63. The number of carbonyl (C=O) groups is 2. The third-order valence-electron chi connectivity index (χ3n) is 5.35. The Bertz CT molecular complexity index is 894. The number of nitriles is 1. The molecular formula is C23H25N3O3. The normalized spacial score (nSPS) is 18.3. The molecule has 1 fully saturated rings. The lowest BCUT2D eigenvalue weighted by Gasteiger charge is -2.27. The highest BCUT2D eigenvalue weighted by Crippen LogP contribution is 2.30. The van der Waals surface area contributed by atoms with Gasteiger partial charge in [0.15, 0.2) is 0 Å². The largest absolute Gasteiger partial charge is 0.497 e. The van der Waals surface area contributed by atoms with E-state index in [0.717, 1.165) is 11.3 Å². The van der Waals surface area contributed by atoms with E-state index in [1.54, 1.807) is 31.4 Å². The maximum Gasteiger partial charge on any atom is 0.227 e. The van der Waals surface area contributed by atoms with Gasteiger partial charge < -0.3 is 15.4 Å². The van der Waals surface area contributed by atoms with Gasteiger partial charge in [-0.3, -0.25) is 9.59 Å². The molecule has 29 heavy (non-hydrogen) atoms. The van der Waals surface area contributed by atoms with Crippen molar-refractivity contribution in [3.05, 3.63) is 59.7 Å². The first-order valence-corrected chi connectivity index (χ1v) is 9.80. The molecule has 2 aromatic rings. The van der Waals surface area contributed by atoms with Crippen molar-refractivity contribution in [2.45, 2.75) is 32.2 Å². The number of ether oxygens (including phenoxy) is 1. The monoisotopic (exact) mass is 391 g/mol. The molecule has 0 aromatic heterocycles. The molecule has 0 saturated heterocycles. The van der Waals surface area contributed by atoms with Crippen LogP contribution in [0.15, 0.2) is 48.5 Å². The summed E-state index contributed by atoms with van der Waals surface area (Å²) in [6, 6.07) is 16.6. The molecule has 1 aliphatic carbocycles. The van der Waals surface area contributed by atoms with E-state index < -0.39 is 0 Å². The Labute approximate surface area is 170 Å². The molecule has 2 aromatic carbocycles. The number of amides is 2. The molecule has 0 aliphatic heterocycles. The molecule has 150 valence electrons. The van der Waals surface area contributed by atoms with E-state index in [0.29, 0.717) is 43.5 Å². The molecule has 6 heteroatoms. The standard InChI is InChI=1S/C23H25N3O3/c1-29-21-11-5-16(6-12-21)15-25-22(27)18-7-9-19(10-8-18)23(28)26-20-4-2-3-17(13-20)14-24/h2-6,11-13,18-19H,7-10,15H2,1H3,(H,25,27)(H,26,28). The molecule has 0 unspecified atom stereocenters. The number of hydrogen-bond acceptors (Lipinski definition) is 4. The van der Waals surface area contributed by atoms with Crippen molar-refractivity contribution < 1.29 is 14.3 Å². The van der Waals surface area contributed by atoms with Gasteiger partial charge in [0.25, 0.3) is 0 Å². The Morgan fingerprint density at radius 3 is 2.31 bits per heavy atom. The van der Waals surface area contributed by atoms with Crippen molar-refractivity contribution in [3.8, 4) is 11.8 Å². The summed E-state index contributed by atoms with van der Waals surface area (Å²) < 4.78 is 5.13. The lowest BCUT2D eigenvalue weighted by atomic mass is 9.81. The lowest BCUT2D eigenvalue weighted by Crippen LogP contribution is -2.35. The molecule has 1 saturated carbocycles. The Morgan fingerprint density at radius 1 is 1.03 bits per heavy atom. The second-order valence-corrected chi connectivity index (χ2v) is 7.30. The fourth-order valence-corrected chi connectivity index (χ4v) is 3.61. The topological polar surface area (TPSA) is 91.2 Å². The van der Waals surface area contributed by atoms with Crippen LogP contribution in [-0.2, 0) is 16.1 Å². The van der Waals surface area contributed by atoms with Gasteiger partial charge in [-0.15, -0.1) is 0 Å². The van der Waals surface area contributed by atoms with Crippen LogP contribution in [0, 0.1) is 23.2 Å². The van der Waals surface area contributed by atoms with E-state index in [1.807, 2.05) is 24.3 Å². The molecule has 1 aliphatic rings. The number of methoxy groups -OCH3 is 1. The minimum Gasteiger partial charge on any atom is -0.497 e. The average Bonchev–Trinajstić information content (AvgIpc) is 2.78. The van der Waals surface area contributed by atoms with Gasteiger partial charge in [0.05, 0.1) is 18.7 Å². The fourth-order valence-electron chi connectivity index (χ4n) is 3.61. The van der Waals surface area contributed by atoms with Gasteiger partial charge in [-0.05, 0) is 61.6 Å². The highest BCUT2D eigenvalue weighted by molar-refractivity contribution is 5.93. The van der Waals surface area contributed by atoms with Crippen LogP contribution in [0.5, 0.6) is 5.75 Å². The maximum absolute atomic E-state index is 12.5. The average molecular weight is 391 g/mol. The first kappa shape index (κ1) is 20.4. The maximum atomic E-state index is 12.5. The summed E-state index contributed by atoms with van der Waals surface area (Å²) in [6.07, 6.45) is 2.77. The number of nitrogens with one attached hydrogen (secondary N) is 2. The smallest absolute Gasteiger partial charge is 0.227 e. The van der Waals surface area contributed by atoms with Crippen LogP contribution in [0.25, 0.3) is 0 Å². The minimum atomic E-state index is -0.105. The Kier molecular flexibility index (Phi) is 6.85. The van der Waals surface area contributed by atoms with Crippen LogP contribution in [0.4, 0.5) is 5.69 Å². The summed E-state index contributed by atoms with van der Waals surface area (Å²) in [4.78, 5) is 25.0. The van der Waals surface area contributed by atoms with Gasteiger partial charge >= 0.3 is 0 Å². The van der Waals surface area contributed by atoms with E-state index >= 15 is 0 Å². The summed E-state index contributed by atoms with van der Waals surface area (Å²) in [7, 11) is 1.62. The molecule has 2 amide bonds. The summed E-state index contributed by atoms with van der Waals surface area (Å²) in [5.74, 6) is 0.625. The fraction of sp³-hybridized carbons (Fsp3) is 0.348. The molecule has 0 heterocycles. The third-order valence-corrected chi connectivity index (χ3v) is 5.35. The van der Waals surface area contributed by atoms with Gasteiger partial charge in [-0.2, -0.15) is 5.26 Å². The second-order valence-electron chi connectivity index (χ2n) is 7.30. The summed E-state index contributed by atoms with van der Waals surface area (Å²) in [5, 5.41) is 14.8. The van der Waals surface area contributed by atoms with Crippen molar-refractivity contribution in [2.24, 2.45) is 11.8 Å². The summed E-state index contributed by atoms with van der Waals surface area (Å²) in [5.41, 5.74) is 2.17. The van der Waals surface area contributed by atoms with Gasteiger partial charge in [-0.1, -0.05) is 18.2 Å². The van der Waals surface area contributed by atoms with Crippen LogP contribution in [0.3, 0.4) is 0 Å². The number of rotatable bonds is 6. The molecule has 6 nitrogen and oxygen atoms in total. The number of nitrogens with zero attached hydrogens (tertiary/aromatic N) is 1. The number of benzene rings is 2. The van der Waals surface area contributed by atoms with Crippen LogP contribution in [0.2, 0.25) is 0 Å². The highest BCUT2D eigenvalue weighted by atomic mass is 16.5. The first-order chi connectivity index (χ1) is 14.1. The molecular weight excluding hydrogens is 366 g/mol. The zero-order valence-corrected chi connectivity index (χ0v) is 16.5. The summed E-state index contributed by atoms with van der Waals surface area (Å²) >= 11 is 0. The van der Waals surface area contributed by atoms with Crippen LogP contribution in [0.1, 0.15) is 36.8 Å². The Balaban J connectivity index is 1.44. The lowest BCUT2D eigenvalue weighted by molar-refractivity contribution is -0.128. The summed E-state index contributed by atoms with van der Waals surface area (Å²) in [6.45, 7) is 0.485. The highest BCUT2D eigenvalue weighted by Gasteiger charge is 2.29. The van der Waals surface area contributed by atoms with Crippen LogP contribution in [-0.4, -0.2) is 18.9 Å². The van der Waals surface area contributed by atoms with Crippen LogP contribution >= 0.6 is 0 Å². The third kappa shape index (κ3) is 5.58. The van der Waals surface area contributed by atoms with Gasteiger partial charge in [0.1, 0.15) is 5.75 Å². The van der Waals surface area contributed by atoms with Crippen molar-refractivity contribution in [1.29, 1.82) is 5.26 Å². The number of anilines is 1. The first-order valence-electron chi connectivity index (χ1n) is 9.80. The van der Waals surface area contributed by atoms with Crippen molar-refractivity contribution >= 4 is 17.5 Å². The number of carbonyl (C=O) groups excluding carboxylic acids is 2. The SMILES string of the molecule is COc1ccc(CNC(=O)C2CCC(C(=O)Nc3cccc(C#N)c3)CC2)cc1. The zero-order valence-electron chi connectivity index (χ0n) is 16.5. The molecule has 0 spiro atoms. The second kappa shape index (κ2) is 9.74. The van der Waals surface area contributed by atoms with Gasteiger partial charge in [0, 0.05) is 24.1 Å². The van der Waals surface area contributed by atoms with E-state index in [4.69, 9.17) is 10.00 Å². The van der Waals surface area contributed by atoms with E-state index in [9.17, 15) is 9.59 Å². The Hall–Kier alpha value is -3.33. The van der Waals surface area contributed by atoms with E-state index in [-0.39, 0.29) is 23.7 Å². The molecule has 2 N–H and O–H groups in total. The zero-order chi connectivity index (χ0) is 20.6. The minimum absolute atomic E-state index is 0.0430. The van der Waals surface area contributed by atoms with Gasteiger partial charge in [-0.25, -0.2) is 0 Å². The van der Waals surface area contributed by atoms with Crippen LogP contribution < -0.4 is 15.4 Å². The van der Waals surface area contributed by atoms with Crippen molar-refractivity contribution in [1.82, 2.24) is 5.32 Å². The van der Waals surface area contributed by atoms with E-state index in [2.05, 4.69) is 16.7 Å². The predicted molar refractivity (Wildman–Crippen MR) is 110 cm³/mol. The van der Waals surface area contributed by atoms with Crippen molar-refractivity contribution in [2.75, 3.05) is 12.4 Å². The number of hydrogen-bond donors (Lipinski definition) is 2. The molecule has 0 bridgehead atoms.